The lowest BCUT2D eigenvalue weighted by Gasteiger charge is -2.46. The van der Waals surface area contributed by atoms with Crippen LogP contribution in [0.25, 0.3) is 0 Å². The van der Waals surface area contributed by atoms with Crippen LogP contribution < -0.4 is 4.74 Å². The van der Waals surface area contributed by atoms with Crippen LogP contribution in [0.3, 0.4) is 0 Å². The largest absolute Gasteiger partial charge is 0.487 e. The predicted molar refractivity (Wildman–Crippen MR) is 76.6 cm³/mol. The minimum atomic E-state index is -0.456. The summed E-state index contributed by atoms with van der Waals surface area (Å²) in [6, 6.07) is 5.55. The SMILES string of the molecule is CC1CCC2(CC(O)c3cc(Cl)ccc3O2)CC1C. The van der Waals surface area contributed by atoms with Gasteiger partial charge in [-0.25, -0.2) is 0 Å². The van der Waals surface area contributed by atoms with Crippen molar-refractivity contribution in [2.75, 3.05) is 0 Å². The van der Waals surface area contributed by atoms with Gasteiger partial charge in [-0.05, 0) is 49.3 Å². The molecule has 19 heavy (non-hydrogen) atoms. The van der Waals surface area contributed by atoms with Crippen molar-refractivity contribution < 1.29 is 9.84 Å². The summed E-state index contributed by atoms with van der Waals surface area (Å²) < 4.78 is 6.29. The summed E-state index contributed by atoms with van der Waals surface area (Å²) in [6.07, 6.45) is 3.49. The maximum atomic E-state index is 10.4. The first-order valence-electron chi connectivity index (χ1n) is 7.16. The monoisotopic (exact) mass is 280 g/mol. The van der Waals surface area contributed by atoms with Crippen LogP contribution in [0.2, 0.25) is 5.02 Å². The van der Waals surface area contributed by atoms with E-state index in [9.17, 15) is 5.11 Å². The maximum Gasteiger partial charge on any atom is 0.126 e. The zero-order chi connectivity index (χ0) is 13.6. The van der Waals surface area contributed by atoms with Crippen LogP contribution in [0.1, 0.15) is 51.2 Å². The number of hydrogen-bond donors (Lipinski definition) is 1. The fraction of sp³-hybridized carbons (Fsp3) is 0.625. The van der Waals surface area contributed by atoms with E-state index in [2.05, 4.69) is 13.8 Å². The second-order valence-electron chi connectivity index (χ2n) is 6.38. The zero-order valence-corrected chi connectivity index (χ0v) is 12.3. The molecular weight excluding hydrogens is 260 g/mol. The summed E-state index contributed by atoms with van der Waals surface area (Å²) in [6.45, 7) is 4.60. The molecule has 1 saturated carbocycles. The van der Waals surface area contributed by atoms with Gasteiger partial charge in [-0.15, -0.1) is 0 Å². The van der Waals surface area contributed by atoms with E-state index in [0.717, 1.165) is 30.1 Å². The van der Waals surface area contributed by atoms with Crippen molar-refractivity contribution in [1.29, 1.82) is 0 Å². The van der Waals surface area contributed by atoms with Gasteiger partial charge in [0, 0.05) is 17.0 Å². The number of rotatable bonds is 0. The second kappa shape index (κ2) is 4.68. The molecule has 104 valence electrons. The summed E-state index contributed by atoms with van der Waals surface area (Å²) in [5.41, 5.74) is 0.663. The molecule has 1 spiro atoms. The lowest BCUT2D eigenvalue weighted by Crippen LogP contribution is -2.46. The van der Waals surface area contributed by atoms with Crippen molar-refractivity contribution in [3.05, 3.63) is 28.8 Å². The van der Waals surface area contributed by atoms with Gasteiger partial charge in [-0.1, -0.05) is 25.4 Å². The molecule has 1 aliphatic heterocycles. The highest BCUT2D eigenvalue weighted by atomic mass is 35.5. The van der Waals surface area contributed by atoms with Gasteiger partial charge in [-0.2, -0.15) is 0 Å². The van der Waals surface area contributed by atoms with Gasteiger partial charge in [0.25, 0.3) is 0 Å². The summed E-state index contributed by atoms with van der Waals surface area (Å²) in [5.74, 6) is 2.21. The highest BCUT2D eigenvalue weighted by molar-refractivity contribution is 6.30. The molecule has 1 N–H and O–H groups in total. The van der Waals surface area contributed by atoms with Gasteiger partial charge in [0.1, 0.15) is 11.4 Å². The van der Waals surface area contributed by atoms with Crippen molar-refractivity contribution in [3.63, 3.8) is 0 Å². The summed E-state index contributed by atoms with van der Waals surface area (Å²) in [7, 11) is 0. The number of hydrogen-bond acceptors (Lipinski definition) is 2. The smallest absolute Gasteiger partial charge is 0.126 e. The minimum absolute atomic E-state index is 0.174. The van der Waals surface area contributed by atoms with E-state index < -0.39 is 6.10 Å². The predicted octanol–water partition coefficient (Wildman–Crippen LogP) is 4.35. The molecule has 4 unspecified atom stereocenters. The molecule has 1 heterocycles. The molecule has 3 rings (SSSR count). The zero-order valence-electron chi connectivity index (χ0n) is 11.5. The molecule has 0 saturated heterocycles. The normalized spacial score (nSPS) is 37.8. The van der Waals surface area contributed by atoms with Crippen molar-refractivity contribution in [3.8, 4) is 5.75 Å². The average Bonchev–Trinajstić information content (AvgIpc) is 2.36. The fourth-order valence-corrected chi connectivity index (χ4v) is 3.73. The Morgan fingerprint density at radius 3 is 2.79 bits per heavy atom. The number of aliphatic hydroxyl groups is 1. The molecule has 2 aliphatic rings. The molecule has 0 amide bonds. The van der Waals surface area contributed by atoms with Crippen LogP contribution >= 0.6 is 11.6 Å². The van der Waals surface area contributed by atoms with E-state index in [1.165, 1.54) is 6.42 Å². The minimum Gasteiger partial charge on any atom is -0.487 e. The van der Waals surface area contributed by atoms with E-state index in [-0.39, 0.29) is 5.60 Å². The van der Waals surface area contributed by atoms with Gasteiger partial charge < -0.3 is 9.84 Å². The van der Waals surface area contributed by atoms with E-state index in [4.69, 9.17) is 16.3 Å². The van der Waals surface area contributed by atoms with Gasteiger partial charge in [-0.3, -0.25) is 0 Å². The third-order valence-corrected chi connectivity index (χ3v) is 5.18. The van der Waals surface area contributed by atoms with Gasteiger partial charge in [0.2, 0.25) is 0 Å². The second-order valence-corrected chi connectivity index (χ2v) is 6.82. The van der Waals surface area contributed by atoms with Gasteiger partial charge in [0.15, 0.2) is 0 Å². The molecule has 1 aliphatic carbocycles. The Morgan fingerprint density at radius 1 is 1.26 bits per heavy atom. The van der Waals surface area contributed by atoms with Crippen molar-refractivity contribution in [2.45, 2.75) is 51.2 Å². The van der Waals surface area contributed by atoms with Crippen molar-refractivity contribution in [1.82, 2.24) is 0 Å². The highest BCUT2D eigenvalue weighted by Crippen LogP contribution is 2.49. The van der Waals surface area contributed by atoms with Crippen LogP contribution in [0, 0.1) is 11.8 Å². The topological polar surface area (TPSA) is 29.5 Å². The van der Waals surface area contributed by atoms with Crippen LogP contribution in [0.4, 0.5) is 0 Å². The fourth-order valence-electron chi connectivity index (χ4n) is 3.55. The Hall–Kier alpha value is -0.730. The Morgan fingerprint density at radius 2 is 2.05 bits per heavy atom. The average molecular weight is 281 g/mol. The number of halogens is 1. The summed E-state index contributed by atoms with van der Waals surface area (Å²) in [4.78, 5) is 0. The maximum absolute atomic E-state index is 10.4. The van der Waals surface area contributed by atoms with Crippen LogP contribution in [-0.2, 0) is 0 Å². The van der Waals surface area contributed by atoms with Crippen LogP contribution in [-0.4, -0.2) is 10.7 Å². The van der Waals surface area contributed by atoms with Gasteiger partial charge in [0.05, 0.1) is 6.10 Å². The van der Waals surface area contributed by atoms with Crippen LogP contribution in [0.15, 0.2) is 18.2 Å². The van der Waals surface area contributed by atoms with Crippen molar-refractivity contribution in [2.24, 2.45) is 11.8 Å². The lowest BCUT2D eigenvalue weighted by molar-refractivity contribution is -0.0601. The first-order valence-corrected chi connectivity index (χ1v) is 7.53. The molecule has 2 nitrogen and oxygen atoms in total. The standard InChI is InChI=1S/C16H21ClO2/c1-10-5-6-16(8-11(10)2)9-14(18)13-7-12(17)3-4-15(13)19-16/h3-4,7,10-11,14,18H,5-6,8-9H2,1-2H3. The van der Waals surface area contributed by atoms with E-state index in [1.54, 1.807) is 0 Å². The Bertz CT molecular complexity index is 488. The lowest BCUT2D eigenvalue weighted by atomic mass is 9.70. The summed E-state index contributed by atoms with van der Waals surface area (Å²) >= 11 is 5.99. The molecule has 0 bridgehead atoms. The molecule has 1 aromatic carbocycles. The van der Waals surface area contributed by atoms with E-state index in [1.807, 2.05) is 18.2 Å². The first kappa shape index (κ1) is 13.3. The quantitative estimate of drug-likeness (QED) is 0.765. The highest BCUT2D eigenvalue weighted by Gasteiger charge is 2.44. The Kier molecular flexibility index (Phi) is 3.26. The van der Waals surface area contributed by atoms with Crippen LogP contribution in [0.5, 0.6) is 5.75 Å². The number of benzene rings is 1. The third-order valence-electron chi connectivity index (χ3n) is 4.94. The number of ether oxygens (including phenoxy) is 1. The molecule has 4 atom stereocenters. The number of aliphatic hydroxyl groups excluding tert-OH is 1. The van der Waals surface area contributed by atoms with E-state index >= 15 is 0 Å². The molecule has 3 heteroatoms. The molecule has 1 fully saturated rings. The summed E-state index contributed by atoms with van der Waals surface area (Å²) in [5, 5.41) is 11.1. The molecular formula is C16H21ClO2. The third kappa shape index (κ3) is 2.36. The first-order chi connectivity index (χ1) is 8.99. The molecule has 0 radical (unpaired) electrons. The Balaban J connectivity index is 1.90. The van der Waals surface area contributed by atoms with Crippen molar-refractivity contribution >= 4 is 11.6 Å². The molecule has 0 aromatic heterocycles. The van der Waals surface area contributed by atoms with Gasteiger partial charge >= 0.3 is 0 Å². The Labute approximate surface area is 119 Å². The van der Waals surface area contributed by atoms with E-state index in [0.29, 0.717) is 17.4 Å². The molecule has 1 aromatic rings. The number of fused-ring (bicyclic) bond motifs is 1.